The molecule has 0 aliphatic heterocycles. The number of benzene rings is 1. The van der Waals surface area contributed by atoms with Gasteiger partial charge in [0.2, 0.25) is 0 Å². The minimum atomic E-state index is -3.28. The lowest BCUT2D eigenvalue weighted by Crippen LogP contribution is -2.40. The fraction of sp³-hybridized carbons (Fsp3) is 0.533. The second-order valence-electron chi connectivity index (χ2n) is 4.90. The van der Waals surface area contributed by atoms with Crippen LogP contribution in [0.25, 0.3) is 0 Å². The number of nitrogens with one attached hydrogen (secondary N) is 2. The number of halogens is 1. The summed E-state index contributed by atoms with van der Waals surface area (Å²) in [6, 6.07) is 6.68. The normalized spacial score (nSPS) is 12.2. The maximum Gasteiger partial charge on any atom is 0.191 e. The highest BCUT2D eigenvalue weighted by Gasteiger charge is 2.14. The minimum absolute atomic E-state index is 0.0296. The van der Waals surface area contributed by atoms with Crippen LogP contribution in [0.5, 0.6) is 0 Å². The molecular formula is C15H24BrN3O2S2. The molecule has 1 rings (SSSR count). The lowest BCUT2D eigenvalue weighted by Gasteiger charge is -2.12. The van der Waals surface area contributed by atoms with Crippen LogP contribution in [-0.4, -0.2) is 52.3 Å². The summed E-state index contributed by atoms with van der Waals surface area (Å²) >= 11 is 5.14. The first-order chi connectivity index (χ1) is 11.0. The summed E-state index contributed by atoms with van der Waals surface area (Å²) < 4.78 is 25.3. The zero-order valence-corrected chi connectivity index (χ0v) is 16.7. The molecule has 8 heteroatoms. The van der Waals surface area contributed by atoms with E-state index in [1.807, 2.05) is 11.8 Å². The van der Waals surface area contributed by atoms with Crippen molar-refractivity contribution in [2.45, 2.75) is 17.7 Å². The van der Waals surface area contributed by atoms with E-state index in [0.29, 0.717) is 17.4 Å². The van der Waals surface area contributed by atoms with Crippen LogP contribution in [0.15, 0.2) is 38.6 Å². The van der Waals surface area contributed by atoms with E-state index in [9.17, 15) is 8.42 Å². The van der Waals surface area contributed by atoms with Crippen LogP contribution in [-0.2, 0) is 9.84 Å². The number of guanidine groups is 1. The third-order valence-corrected chi connectivity index (χ3v) is 6.08. The van der Waals surface area contributed by atoms with Crippen LogP contribution in [0.1, 0.15) is 12.8 Å². The molecule has 0 amide bonds. The van der Waals surface area contributed by atoms with Gasteiger partial charge in [-0.1, -0.05) is 15.9 Å². The van der Waals surface area contributed by atoms with Crippen molar-refractivity contribution >= 4 is 43.5 Å². The molecule has 0 unspecified atom stereocenters. The van der Waals surface area contributed by atoms with Crippen LogP contribution >= 0.6 is 27.7 Å². The lowest BCUT2D eigenvalue weighted by molar-refractivity contribution is 0.594. The highest BCUT2D eigenvalue weighted by Crippen LogP contribution is 2.15. The van der Waals surface area contributed by atoms with E-state index < -0.39 is 9.84 Å². The molecule has 0 aromatic heterocycles. The van der Waals surface area contributed by atoms with Gasteiger partial charge in [-0.05, 0) is 49.1 Å². The lowest BCUT2D eigenvalue weighted by atomic mass is 10.3. The standard InChI is InChI=1S/C15H24BrN3O2S2/c1-17-15(18-9-3-4-11-22-2)19-10-12-23(20,21)14-7-5-13(16)6-8-14/h5-8H,3-4,9-12H2,1-2H3,(H2,17,18,19). The van der Waals surface area contributed by atoms with Crippen molar-refractivity contribution in [2.75, 3.05) is 37.9 Å². The number of hydrogen-bond donors (Lipinski definition) is 2. The maximum absolute atomic E-state index is 12.2. The fourth-order valence-electron chi connectivity index (χ4n) is 1.86. The Morgan fingerprint density at radius 3 is 2.43 bits per heavy atom. The van der Waals surface area contributed by atoms with Gasteiger partial charge >= 0.3 is 0 Å². The van der Waals surface area contributed by atoms with Crippen molar-refractivity contribution in [1.29, 1.82) is 0 Å². The molecule has 5 nitrogen and oxygen atoms in total. The number of nitrogens with zero attached hydrogens (tertiary/aromatic N) is 1. The summed E-state index contributed by atoms with van der Waals surface area (Å²) in [5.41, 5.74) is 0. The molecule has 0 atom stereocenters. The monoisotopic (exact) mass is 421 g/mol. The molecule has 0 spiro atoms. The van der Waals surface area contributed by atoms with Crippen molar-refractivity contribution in [1.82, 2.24) is 10.6 Å². The van der Waals surface area contributed by atoms with Crippen LogP contribution in [0.3, 0.4) is 0 Å². The van der Waals surface area contributed by atoms with Gasteiger partial charge in [-0.2, -0.15) is 11.8 Å². The molecule has 0 saturated carbocycles. The molecular weight excluding hydrogens is 398 g/mol. The predicted octanol–water partition coefficient (Wildman–Crippen LogP) is 2.53. The molecule has 2 N–H and O–H groups in total. The Balaban J connectivity index is 2.37. The summed E-state index contributed by atoms with van der Waals surface area (Å²) in [5.74, 6) is 1.82. The molecule has 1 aromatic rings. The number of aliphatic imine (C=N–C) groups is 1. The van der Waals surface area contributed by atoms with E-state index >= 15 is 0 Å². The van der Waals surface area contributed by atoms with Gasteiger partial charge in [0.25, 0.3) is 0 Å². The molecule has 0 bridgehead atoms. The van der Waals surface area contributed by atoms with E-state index in [4.69, 9.17) is 0 Å². The number of rotatable bonds is 9. The van der Waals surface area contributed by atoms with Crippen molar-refractivity contribution in [2.24, 2.45) is 4.99 Å². The highest BCUT2D eigenvalue weighted by molar-refractivity contribution is 9.10. The third-order valence-electron chi connectivity index (χ3n) is 3.13. The largest absolute Gasteiger partial charge is 0.356 e. The summed E-state index contributed by atoms with van der Waals surface area (Å²) in [7, 11) is -1.60. The van der Waals surface area contributed by atoms with Crippen molar-refractivity contribution < 1.29 is 8.42 Å². The molecule has 0 aliphatic carbocycles. The zero-order chi connectivity index (χ0) is 17.1. The second kappa shape index (κ2) is 10.9. The van der Waals surface area contributed by atoms with Gasteiger partial charge in [-0.15, -0.1) is 0 Å². The van der Waals surface area contributed by atoms with Gasteiger partial charge < -0.3 is 10.6 Å². The topological polar surface area (TPSA) is 70.6 Å². The minimum Gasteiger partial charge on any atom is -0.356 e. The first-order valence-electron chi connectivity index (χ1n) is 7.41. The van der Waals surface area contributed by atoms with Crippen LogP contribution in [0.4, 0.5) is 0 Å². The second-order valence-corrected chi connectivity index (χ2v) is 8.91. The molecule has 0 aliphatic rings. The molecule has 0 heterocycles. The zero-order valence-electron chi connectivity index (χ0n) is 13.5. The Labute approximate surface area is 151 Å². The molecule has 23 heavy (non-hydrogen) atoms. The number of hydrogen-bond acceptors (Lipinski definition) is 4. The van der Waals surface area contributed by atoms with Crippen LogP contribution in [0, 0.1) is 0 Å². The Hall–Kier alpha value is -0.730. The van der Waals surface area contributed by atoms with Gasteiger partial charge in [-0.25, -0.2) is 8.42 Å². The number of sulfone groups is 1. The summed E-state index contributed by atoms with van der Waals surface area (Å²) in [4.78, 5) is 4.43. The number of unbranched alkanes of at least 4 members (excludes halogenated alkanes) is 1. The Bertz CT molecular complexity index is 589. The average molecular weight is 422 g/mol. The Morgan fingerprint density at radius 1 is 1.17 bits per heavy atom. The summed E-state index contributed by atoms with van der Waals surface area (Å²) in [5, 5.41) is 6.23. The SMILES string of the molecule is CN=C(NCCCCSC)NCCS(=O)(=O)c1ccc(Br)cc1. The van der Waals surface area contributed by atoms with E-state index in [1.165, 1.54) is 0 Å². The molecule has 130 valence electrons. The van der Waals surface area contributed by atoms with Gasteiger partial charge in [0.15, 0.2) is 15.8 Å². The fourth-order valence-corrected chi connectivity index (χ4v) is 3.78. The Kier molecular flexibility index (Phi) is 9.66. The van der Waals surface area contributed by atoms with E-state index in [0.717, 1.165) is 29.6 Å². The van der Waals surface area contributed by atoms with Crippen molar-refractivity contribution in [3.63, 3.8) is 0 Å². The van der Waals surface area contributed by atoms with Gasteiger partial charge in [-0.3, -0.25) is 4.99 Å². The van der Waals surface area contributed by atoms with Crippen LogP contribution in [0.2, 0.25) is 0 Å². The average Bonchev–Trinajstić information content (AvgIpc) is 2.53. The Morgan fingerprint density at radius 2 is 1.83 bits per heavy atom. The van der Waals surface area contributed by atoms with E-state index in [1.54, 1.807) is 31.3 Å². The van der Waals surface area contributed by atoms with E-state index in [-0.39, 0.29) is 5.75 Å². The summed E-state index contributed by atoms with van der Waals surface area (Å²) in [6.45, 7) is 1.16. The highest BCUT2D eigenvalue weighted by atomic mass is 79.9. The predicted molar refractivity (Wildman–Crippen MR) is 103 cm³/mol. The molecule has 0 saturated heterocycles. The van der Waals surface area contributed by atoms with Crippen LogP contribution < -0.4 is 10.6 Å². The quantitative estimate of drug-likeness (QED) is 0.364. The third kappa shape index (κ3) is 8.08. The van der Waals surface area contributed by atoms with Gasteiger partial charge in [0, 0.05) is 24.6 Å². The molecule has 0 fully saturated rings. The summed E-state index contributed by atoms with van der Waals surface area (Å²) in [6.07, 6.45) is 4.32. The molecule has 1 aromatic carbocycles. The first kappa shape index (κ1) is 20.3. The smallest absolute Gasteiger partial charge is 0.191 e. The molecule has 0 radical (unpaired) electrons. The van der Waals surface area contributed by atoms with Gasteiger partial charge in [0.05, 0.1) is 10.6 Å². The van der Waals surface area contributed by atoms with Gasteiger partial charge in [0.1, 0.15) is 0 Å². The van der Waals surface area contributed by atoms with Crippen molar-refractivity contribution in [3.8, 4) is 0 Å². The van der Waals surface area contributed by atoms with E-state index in [2.05, 4.69) is 37.8 Å². The first-order valence-corrected chi connectivity index (χ1v) is 11.3. The maximum atomic E-state index is 12.2. The number of thioether (sulfide) groups is 1. The van der Waals surface area contributed by atoms with Crippen molar-refractivity contribution in [3.05, 3.63) is 28.7 Å².